The van der Waals surface area contributed by atoms with E-state index in [4.69, 9.17) is 41.5 Å². The third-order valence-corrected chi connectivity index (χ3v) is 1.84. The Balaban J connectivity index is -0.000000110. The van der Waals surface area contributed by atoms with Gasteiger partial charge in [-0.05, 0) is 42.2 Å². The maximum absolute atomic E-state index is 11.9. The third-order valence-electron chi connectivity index (χ3n) is 1.84. The van der Waals surface area contributed by atoms with Gasteiger partial charge in [0.2, 0.25) is 0 Å². The number of halogens is 4. The second kappa shape index (κ2) is 25.1. The Morgan fingerprint density at radius 1 is 0.800 bits per heavy atom. The maximum atomic E-state index is 11.9. The van der Waals surface area contributed by atoms with Crippen molar-refractivity contribution in [1.82, 2.24) is 9.97 Å². The number of anilines is 2. The van der Waals surface area contributed by atoms with E-state index in [9.17, 15) is 13.2 Å². The van der Waals surface area contributed by atoms with Crippen molar-refractivity contribution in [3.8, 4) is 0 Å². The highest BCUT2D eigenvalue weighted by Gasteiger charge is 2.29. The molecule has 35 heavy (non-hydrogen) atoms. The van der Waals surface area contributed by atoms with Crippen molar-refractivity contribution in [3.63, 3.8) is 0 Å². The van der Waals surface area contributed by atoms with Crippen molar-refractivity contribution in [1.29, 1.82) is 0 Å². The molecule has 0 fully saturated rings. The lowest BCUT2D eigenvalue weighted by atomic mass is 10.2. The highest BCUT2D eigenvalue weighted by atomic mass is 35.5. The van der Waals surface area contributed by atoms with Crippen LogP contribution in [-0.2, 0) is 6.18 Å². The van der Waals surface area contributed by atoms with E-state index < -0.39 is 24.1 Å². The molecule has 0 spiro atoms. The topological polar surface area (TPSA) is 193 Å². The van der Waals surface area contributed by atoms with Crippen LogP contribution in [0, 0.1) is 11.8 Å². The summed E-state index contributed by atoms with van der Waals surface area (Å²) in [5.41, 5.74) is 10.1. The molecule has 0 aliphatic heterocycles. The van der Waals surface area contributed by atoms with Crippen LogP contribution in [0.3, 0.4) is 0 Å². The van der Waals surface area contributed by atoms with Crippen LogP contribution in [0.1, 0.15) is 47.1 Å². The number of nitrogens with zero attached hydrogens (tertiary/aromatic N) is 2. The zero-order valence-corrected chi connectivity index (χ0v) is 21.2. The minimum absolute atomic E-state index is 0. The zero-order valence-electron chi connectivity index (χ0n) is 20.4. The van der Waals surface area contributed by atoms with E-state index in [1.165, 1.54) is 18.5 Å². The number of benzene rings is 1. The number of carboxylic acid groups (broad SMARTS) is 4. The van der Waals surface area contributed by atoms with Crippen molar-refractivity contribution in [3.05, 3.63) is 48.4 Å². The summed E-state index contributed by atoms with van der Waals surface area (Å²) in [5, 5.41) is 27.9. The van der Waals surface area contributed by atoms with E-state index in [0.29, 0.717) is 11.5 Å². The molecule has 2 aromatic rings. The lowest BCUT2D eigenvalue weighted by Gasteiger charge is -2.05. The second-order valence-corrected chi connectivity index (χ2v) is 7.28. The SMILES string of the molecule is CC(C)C.CC(C)C.Cl.Nc1ccc(C(F)(F)F)cc1.Nc1ccncn1.O=C(O)O.O=C(O)O. The van der Waals surface area contributed by atoms with Crippen LogP contribution in [0.4, 0.5) is 34.3 Å². The number of hydrogen-bond donors (Lipinski definition) is 6. The first-order chi connectivity index (χ1) is 15.3. The predicted octanol–water partition coefficient (Wildman–Crippen LogP) is 6.54. The van der Waals surface area contributed by atoms with Crippen LogP contribution in [0.25, 0.3) is 0 Å². The summed E-state index contributed by atoms with van der Waals surface area (Å²) in [6, 6.07) is 6.00. The van der Waals surface area contributed by atoms with E-state index >= 15 is 0 Å². The number of nitrogen functional groups attached to an aromatic ring is 2. The number of rotatable bonds is 0. The number of nitrogens with two attached hydrogens (primary N) is 2. The van der Waals surface area contributed by atoms with Gasteiger partial charge in [0.15, 0.2) is 0 Å². The molecule has 0 bridgehead atoms. The molecule has 1 heterocycles. The number of aromatic nitrogens is 2. The Bertz CT molecular complexity index is 719. The summed E-state index contributed by atoms with van der Waals surface area (Å²) >= 11 is 0. The summed E-state index contributed by atoms with van der Waals surface area (Å²) < 4.78 is 35.6. The van der Waals surface area contributed by atoms with Gasteiger partial charge >= 0.3 is 18.5 Å². The fourth-order valence-corrected chi connectivity index (χ4v) is 0.973. The van der Waals surface area contributed by atoms with Gasteiger partial charge in [0.05, 0.1) is 5.56 Å². The lowest BCUT2D eigenvalue weighted by Crippen LogP contribution is -2.04. The monoisotopic (exact) mass is 532 g/mol. The summed E-state index contributed by atoms with van der Waals surface area (Å²) in [6.45, 7) is 13.0. The molecule has 0 atom stereocenters. The van der Waals surface area contributed by atoms with Crippen molar-refractivity contribution in [2.45, 2.75) is 47.7 Å². The normalized spacial score (nSPS) is 8.77. The molecule has 0 radical (unpaired) electrons. The van der Waals surface area contributed by atoms with Gasteiger partial charge in [-0.3, -0.25) is 0 Å². The average Bonchev–Trinajstić information content (AvgIpc) is 2.60. The van der Waals surface area contributed by atoms with Gasteiger partial charge in [-0.25, -0.2) is 19.6 Å². The van der Waals surface area contributed by atoms with E-state index in [0.717, 1.165) is 24.0 Å². The summed E-state index contributed by atoms with van der Waals surface area (Å²) in [7, 11) is 0. The molecular weight excluding hydrogens is 497 g/mol. The molecule has 2 rings (SSSR count). The van der Waals surface area contributed by atoms with E-state index in [-0.39, 0.29) is 12.4 Å². The largest absolute Gasteiger partial charge is 0.503 e. The van der Waals surface area contributed by atoms with Crippen molar-refractivity contribution >= 4 is 36.2 Å². The Labute approximate surface area is 209 Å². The third kappa shape index (κ3) is 59.0. The second-order valence-electron chi connectivity index (χ2n) is 7.28. The summed E-state index contributed by atoms with van der Waals surface area (Å²) in [4.78, 5) is 24.4. The van der Waals surface area contributed by atoms with Gasteiger partial charge in [0.1, 0.15) is 12.1 Å². The van der Waals surface area contributed by atoms with Crippen molar-refractivity contribution in [2.75, 3.05) is 11.5 Å². The van der Waals surface area contributed by atoms with Gasteiger partial charge in [0.25, 0.3) is 0 Å². The summed E-state index contributed by atoms with van der Waals surface area (Å²) in [6.07, 6.45) is -4.93. The fourth-order valence-electron chi connectivity index (χ4n) is 0.973. The van der Waals surface area contributed by atoms with E-state index in [1.807, 2.05) is 0 Å². The molecule has 0 unspecified atom stereocenters. The molecule has 204 valence electrons. The standard InChI is InChI=1S/C7H6F3N.C4H5N3.2C4H10.2CH2O3.ClH/c8-7(9,10)5-1-3-6(11)4-2-5;5-4-1-2-6-3-7-4;2*1-4(2)3;2*2-1(3)4;/h1-4H,11H2;1-3H,(H2,5,6,7);2*4H,1-3H3;2*(H2,2,3,4);1H. The highest BCUT2D eigenvalue weighted by Crippen LogP contribution is 2.29. The number of hydrogen-bond acceptors (Lipinski definition) is 6. The highest BCUT2D eigenvalue weighted by molar-refractivity contribution is 5.85. The van der Waals surface area contributed by atoms with Gasteiger partial charge in [0, 0.05) is 11.9 Å². The van der Waals surface area contributed by atoms with Crippen molar-refractivity contribution < 1.29 is 43.2 Å². The average molecular weight is 533 g/mol. The first-order valence-electron chi connectivity index (χ1n) is 9.60. The molecule has 0 aliphatic rings. The van der Waals surface area contributed by atoms with Crippen LogP contribution in [-0.4, -0.2) is 42.7 Å². The molecule has 1 aromatic heterocycles. The Hall–Kier alpha value is -3.48. The lowest BCUT2D eigenvalue weighted by molar-refractivity contribution is -0.137. The maximum Gasteiger partial charge on any atom is 0.503 e. The first-order valence-corrected chi connectivity index (χ1v) is 9.60. The van der Waals surface area contributed by atoms with Crippen LogP contribution in [0.2, 0.25) is 0 Å². The minimum atomic E-state index is -4.27. The van der Waals surface area contributed by atoms with Gasteiger partial charge in [-0.1, -0.05) is 41.5 Å². The molecule has 0 saturated heterocycles. The Morgan fingerprint density at radius 2 is 1.11 bits per heavy atom. The van der Waals surface area contributed by atoms with Gasteiger partial charge in [-0.15, -0.1) is 12.4 Å². The zero-order chi connectivity index (χ0) is 27.9. The molecule has 0 aliphatic carbocycles. The first kappa shape index (κ1) is 41.7. The minimum Gasteiger partial charge on any atom is -0.450 e. The van der Waals surface area contributed by atoms with Crippen LogP contribution in [0.5, 0.6) is 0 Å². The van der Waals surface area contributed by atoms with Crippen LogP contribution in [0.15, 0.2) is 42.9 Å². The molecule has 10 nitrogen and oxygen atoms in total. The number of alkyl halides is 3. The predicted molar refractivity (Wildman–Crippen MR) is 132 cm³/mol. The smallest absolute Gasteiger partial charge is 0.450 e. The summed E-state index contributed by atoms with van der Waals surface area (Å²) in [5.74, 6) is 2.18. The molecule has 1 aromatic carbocycles. The quantitative estimate of drug-likeness (QED) is 0.203. The molecule has 8 N–H and O–H groups in total. The van der Waals surface area contributed by atoms with Crippen LogP contribution >= 0.6 is 12.4 Å². The van der Waals surface area contributed by atoms with E-state index in [1.54, 1.807) is 12.3 Å². The fraction of sp³-hybridized carbons (Fsp3) is 0.429. The Morgan fingerprint density at radius 3 is 1.29 bits per heavy atom. The molecule has 14 heteroatoms. The van der Waals surface area contributed by atoms with Crippen molar-refractivity contribution in [2.24, 2.45) is 11.8 Å². The van der Waals surface area contributed by atoms with E-state index in [2.05, 4.69) is 51.5 Å². The van der Waals surface area contributed by atoms with Gasteiger partial charge in [-0.2, -0.15) is 13.2 Å². The molecule has 0 amide bonds. The molecular formula is C21H36ClF3N4O6. The van der Waals surface area contributed by atoms with Gasteiger partial charge < -0.3 is 31.9 Å². The van der Waals surface area contributed by atoms with Crippen LogP contribution < -0.4 is 11.5 Å². The molecule has 0 saturated carbocycles. The number of carbonyl (C=O) groups is 2. The Kier molecular flexibility index (Phi) is 30.0.